The molecule has 0 fully saturated rings. The third-order valence-electron chi connectivity index (χ3n) is 11.4. The van der Waals surface area contributed by atoms with Gasteiger partial charge in [-0.15, -0.1) is 0 Å². The molecule has 10 aromatic carbocycles. The Morgan fingerprint density at radius 2 is 0.758 bits per heavy atom. The van der Waals surface area contributed by atoms with Crippen LogP contribution in [0.3, 0.4) is 0 Å². The zero-order valence-electron chi connectivity index (χ0n) is 47.3. The molecule has 5 nitrogen and oxygen atoms in total. The predicted molar refractivity (Wildman–Crippen MR) is 257 cm³/mol. The minimum atomic E-state index is -0.724. The van der Waals surface area contributed by atoms with Gasteiger partial charge in [0.25, 0.3) is 0 Å². The lowest BCUT2D eigenvalue weighted by Gasteiger charge is -2.13. The summed E-state index contributed by atoms with van der Waals surface area (Å²) in [5, 5.41) is 5.41. The fourth-order valence-electron chi connectivity index (χ4n) is 8.70. The zero-order chi connectivity index (χ0) is 53.8. The maximum atomic E-state index is 10.0. The molecule has 62 heavy (non-hydrogen) atoms. The third kappa shape index (κ3) is 5.25. The SMILES string of the molecule is [2H]c1c([2H])c([2H])c2c(c1[2H])c1c([2H])c(-n3c4c([2H])c([2H])c([2H])c([2H])c4c4c([2H])c([2H])c([2H])c([2H])c43)c([2H])c([2H])c1n2-c1cccc(-c2nc(-c3ccccc3)nc(-c3ccc4c5ccccc5c5ccccc5c4c3)n2)c1. The van der Waals surface area contributed by atoms with Crippen LogP contribution in [0.1, 0.15) is 20.6 Å². The Kier molecular flexibility index (Phi) is 4.99. The van der Waals surface area contributed by atoms with Crippen molar-refractivity contribution >= 4 is 75.9 Å². The van der Waals surface area contributed by atoms with E-state index in [1.54, 1.807) is 24.3 Å². The van der Waals surface area contributed by atoms with Crippen LogP contribution in [-0.4, -0.2) is 24.1 Å². The molecule has 0 aliphatic rings. The second kappa shape index (κ2) is 13.6. The largest absolute Gasteiger partial charge is 0.309 e. The fourth-order valence-corrected chi connectivity index (χ4v) is 8.70. The summed E-state index contributed by atoms with van der Waals surface area (Å²) in [6, 6.07) is 29.0. The van der Waals surface area contributed by atoms with Crippen molar-refractivity contribution in [2.24, 2.45) is 0 Å². The fraction of sp³-hybridized carbons (Fsp3) is 0. The van der Waals surface area contributed by atoms with Gasteiger partial charge in [0.1, 0.15) is 0 Å². The van der Waals surface area contributed by atoms with E-state index >= 15 is 0 Å². The summed E-state index contributed by atoms with van der Waals surface area (Å²) in [5.41, 5.74) is 0.490. The van der Waals surface area contributed by atoms with Crippen LogP contribution in [0.5, 0.6) is 0 Å². The smallest absolute Gasteiger partial charge is 0.164 e. The lowest BCUT2D eigenvalue weighted by Crippen LogP contribution is -2.01. The molecule has 0 radical (unpaired) electrons. The van der Waals surface area contributed by atoms with Crippen LogP contribution in [-0.2, 0) is 0 Å². The van der Waals surface area contributed by atoms with E-state index in [1.807, 2.05) is 60.7 Å². The van der Waals surface area contributed by atoms with Gasteiger partial charge in [0, 0.05) is 49.6 Å². The highest BCUT2D eigenvalue weighted by Gasteiger charge is 2.19. The number of hydrogen-bond acceptors (Lipinski definition) is 3. The second-order valence-electron chi connectivity index (χ2n) is 14.9. The van der Waals surface area contributed by atoms with Gasteiger partial charge in [0.15, 0.2) is 17.5 Å². The first kappa shape index (κ1) is 22.8. The third-order valence-corrected chi connectivity index (χ3v) is 11.4. The normalized spacial score (nSPS) is 15.3. The van der Waals surface area contributed by atoms with E-state index in [2.05, 4.69) is 36.4 Å². The Hall–Kier alpha value is -8.41. The van der Waals surface area contributed by atoms with Gasteiger partial charge in [0.2, 0.25) is 0 Å². The van der Waals surface area contributed by atoms with Gasteiger partial charge in [-0.05, 0) is 86.8 Å². The van der Waals surface area contributed by atoms with Gasteiger partial charge < -0.3 is 9.13 Å². The van der Waals surface area contributed by atoms with E-state index in [-0.39, 0.29) is 55.1 Å². The molecule has 0 aliphatic carbocycles. The minimum absolute atomic E-state index is 0.148. The van der Waals surface area contributed by atoms with E-state index in [1.165, 1.54) is 4.57 Å². The van der Waals surface area contributed by atoms with Crippen LogP contribution in [0.15, 0.2) is 212 Å². The van der Waals surface area contributed by atoms with E-state index in [4.69, 9.17) is 28.7 Å². The molecule has 13 aromatic rings. The van der Waals surface area contributed by atoms with Crippen molar-refractivity contribution in [2.45, 2.75) is 0 Å². The van der Waals surface area contributed by atoms with Crippen molar-refractivity contribution in [3.05, 3.63) is 212 Å². The molecule has 288 valence electrons. The quantitative estimate of drug-likeness (QED) is 0.163. The Bertz CT molecular complexity index is 4710. The maximum absolute atomic E-state index is 10.0. The van der Waals surface area contributed by atoms with Crippen LogP contribution in [0.25, 0.3) is 121 Å². The van der Waals surface area contributed by atoms with E-state index in [9.17, 15) is 6.85 Å². The number of rotatable bonds is 5. The van der Waals surface area contributed by atoms with Crippen LogP contribution < -0.4 is 0 Å². The zero-order valence-corrected chi connectivity index (χ0v) is 32.3. The molecule has 0 saturated carbocycles. The Morgan fingerprint density at radius 1 is 0.306 bits per heavy atom. The van der Waals surface area contributed by atoms with Gasteiger partial charge in [-0.25, -0.2) is 15.0 Å². The summed E-state index contributed by atoms with van der Waals surface area (Å²) < 4.78 is 139. The molecular formula is C57H35N5. The number of fused-ring (bicyclic) bond motifs is 12. The molecule has 5 heteroatoms. The summed E-state index contributed by atoms with van der Waals surface area (Å²) in [5.74, 6) is 0.963. The molecule has 13 rings (SSSR count). The molecule has 0 unspecified atom stereocenters. The number of aromatic nitrogens is 5. The molecule has 0 saturated heterocycles. The first-order valence-corrected chi connectivity index (χ1v) is 19.8. The van der Waals surface area contributed by atoms with Crippen molar-refractivity contribution in [1.29, 1.82) is 0 Å². The Balaban J connectivity index is 1.09. The highest BCUT2D eigenvalue weighted by atomic mass is 15.0. The first-order chi connectivity index (χ1) is 37.0. The van der Waals surface area contributed by atoms with Crippen LogP contribution >= 0.6 is 0 Å². The van der Waals surface area contributed by atoms with E-state index in [0.717, 1.165) is 36.9 Å². The van der Waals surface area contributed by atoms with Gasteiger partial charge in [-0.2, -0.15) is 0 Å². The molecule has 0 bridgehead atoms. The summed E-state index contributed by atoms with van der Waals surface area (Å²) in [7, 11) is 0. The minimum Gasteiger partial charge on any atom is -0.309 e. The molecule has 0 N–H and O–H groups in total. The second-order valence-corrected chi connectivity index (χ2v) is 14.9. The van der Waals surface area contributed by atoms with E-state index in [0.29, 0.717) is 28.3 Å². The molecule has 0 spiro atoms. The number of nitrogens with zero attached hydrogens (tertiary/aromatic N) is 5. The Morgan fingerprint density at radius 3 is 1.37 bits per heavy atom. The molecule has 0 amide bonds. The first-order valence-electron chi connectivity index (χ1n) is 27.3. The molecule has 0 atom stereocenters. The summed E-state index contributed by atoms with van der Waals surface area (Å²) in [6.07, 6.45) is 0. The lowest BCUT2D eigenvalue weighted by molar-refractivity contribution is 1.07. The van der Waals surface area contributed by atoms with E-state index < -0.39 is 96.3 Å². The lowest BCUT2D eigenvalue weighted by atomic mass is 9.93. The topological polar surface area (TPSA) is 48.5 Å². The van der Waals surface area contributed by atoms with Crippen molar-refractivity contribution in [1.82, 2.24) is 24.1 Å². The number of benzene rings is 10. The van der Waals surface area contributed by atoms with Crippen molar-refractivity contribution in [2.75, 3.05) is 0 Å². The maximum Gasteiger partial charge on any atom is 0.164 e. The standard InChI is InChI=1S/C57H35N5/c1-2-15-36(16-3-1)55-58-56(60-57(59-55)38-29-31-45-43-21-5-4-19-41(43)42-20-6-7-22-44(42)49(45)34-38)37-17-14-18-39(33-37)61-53-28-13-10-25-48(53)50-35-40(30-32-54(50)61)62-51-26-11-8-23-46(51)47-24-9-12-27-52(47)62/h1-35H/i8D,9D,10D,11D,12D,13D,23D,24D,25D,26D,27D,28D,30D,32D,35D. The van der Waals surface area contributed by atoms with Crippen molar-refractivity contribution < 1.29 is 20.6 Å². The highest BCUT2D eigenvalue weighted by Crippen LogP contribution is 2.39. The van der Waals surface area contributed by atoms with Gasteiger partial charge in [-0.3, -0.25) is 0 Å². The molecular weight excluding hydrogens is 755 g/mol. The number of para-hydroxylation sites is 3. The average molecular weight is 805 g/mol. The van der Waals surface area contributed by atoms with Crippen LogP contribution in [0.2, 0.25) is 0 Å². The molecule has 0 aliphatic heterocycles. The van der Waals surface area contributed by atoms with Gasteiger partial charge >= 0.3 is 0 Å². The number of hydrogen-bond donors (Lipinski definition) is 0. The molecule has 3 heterocycles. The van der Waals surface area contributed by atoms with Gasteiger partial charge in [0.05, 0.1) is 42.6 Å². The van der Waals surface area contributed by atoms with Crippen molar-refractivity contribution in [3.63, 3.8) is 0 Å². The van der Waals surface area contributed by atoms with Crippen LogP contribution in [0, 0.1) is 0 Å². The predicted octanol–water partition coefficient (Wildman–Crippen LogP) is 14.5. The summed E-state index contributed by atoms with van der Waals surface area (Å²) in [4.78, 5) is 15.1. The van der Waals surface area contributed by atoms with Crippen LogP contribution in [0.4, 0.5) is 0 Å². The molecule has 3 aromatic heterocycles. The van der Waals surface area contributed by atoms with Crippen molar-refractivity contribution in [3.8, 4) is 45.5 Å². The summed E-state index contributed by atoms with van der Waals surface area (Å²) in [6.45, 7) is 0. The summed E-state index contributed by atoms with van der Waals surface area (Å²) >= 11 is 0. The van der Waals surface area contributed by atoms with Gasteiger partial charge in [-0.1, -0.05) is 158 Å². The Labute approximate surface area is 377 Å². The average Bonchev–Trinajstić information content (AvgIpc) is 4.15. The highest BCUT2D eigenvalue weighted by molar-refractivity contribution is 6.25. The monoisotopic (exact) mass is 804 g/mol.